The molecule has 2 aromatic heterocycles. The van der Waals surface area contributed by atoms with E-state index in [9.17, 15) is 4.79 Å². The van der Waals surface area contributed by atoms with Crippen molar-refractivity contribution < 1.29 is 4.79 Å². The van der Waals surface area contributed by atoms with Gasteiger partial charge in [-0.15, -0.1) is 11.3 Å². The number of aromatic nitrogens is 1. The van der Waals surface area contributed by atoms with Gasteiger partial charge >= 0.3 is 0 Å². The lowest BCUT2D eigenvalue weighted by molar-refractivity contribution is 0.0926. The van der Waals surface area contributed by atoms with E-state index in [4.69, 9.17) is 17.3 Å². The van der Waals surface area contributed by atoms with Crippen LogP contribution >= 0.6 is 22.9 Å². The van der Waals surface area contributed by atoms with E-state index in [1.54, 1.807) is 11.3 Å². The molecule has 3 N–H and O–H groups in total. The zero-order chi connectivity index (χ0) is 14.7. The van der Waals surface area contributed by atoms with Crippen molar-refractivity contribution in [2.45, 2.75) is 19.9 Å². The molecule has 106 valence electrons. The maximum Gasteiger partial charge on any atom is 0.252 e. The third kappa shape index (κ3) is 3.49. The summed E-state index contributed by atoms with van der Waals surface area (Å²) in [6.07, 6.45) is 0. The Morgan fingerprint density at radius 2 is 2.20 bits per heavy atom. The number of hydrogen-bond donors (Lipinski definition) is 2. The number of pyridine rings is 1. The minimum absolute atomic E-state index is 0.0318. The highest BCUT2D eigenvalue weighted by molar-refractivity contribution is 7.10. The van der Waals surface area contributed by atoms with Gasteiger partial charge in [0.1, 0.15) is 11.0 Å². The SMILES string of the molecule is CC(C)C(NC(=O)c1cc(N)nc(Cl)c1)c1cccs1. The predicted molar refractivity (Wildman–Crippen MR) is 83.0 cm³/mol. The minimum atomic E-state index is -0.201. The quantitative estimate of drug-likeness (QED) is 0.849. The zero-order valence-corrected chi connectivity index (χ0v) is 12.8. The second-order valence-electron chi connectivity index (χ2n) is 4.81. The van der Waals surface area contributed by atoms with E-state index < -0.39 is 0 Å². The number of carbonyl (C=O) groups is 1. The molecule has 2 rings (SSSR count). The standard InChI is InChI=1S/C14H16ClN3OS/c1-8(2)13(10-4-3-5-20-10)18-14(19)9-6-11(15)17-12(16)7-9/h3-8,13H,1-2H3,(H2,16,17)(H,18,19). The van der Waals surface area contributed by atoms with Gasteiger partial charge in [0.15, 0.2) is 0 Å². The maximum atomic E-state index is 12.3. The molecule has 0 spiro atoms. The molecule has 2 heterocycles. The van der Waals surface area contributed by atoms with Crippen molar-refractivity contribution in [2.75, 3.05) is 5.73 Å². The average molecular weight is 310 g/mol. The molecule has 2 aromatic rings. The van der Waals surface area contributed by atoms with Crippen LogP contribution in [-0.4, -0.2) is 10.9 Å². The Hall–Kier alpha value is -1.59. The third-order valence-corrected chi connectivity index (χ3v) is 4.03. The Labute approximate surface area is 127 Å². The number of nitrogens with zero attached hydrogens (tertiary/aromatic N) is 1. The molecule has 1 unspecified atom stereocenters. The van der Waals surface area contributed by atoms with Crippen molar-refractivity contribution in [3.8, 4) is 0 Å². The number of thiophene rings is 1. The molecule has 4 nitrogen and oxygen atoms in total. The molecular formula is C14H16ClN3OS. The number of amides is 1. The lowest BCUT2D eigenvalue weighted by Crippen LogP contribution is -2.31. The van der Waals surface area contributed by atoms with Gasteiger partial charge in [-0.1, -0.05) is 31.5 Å². The van der Waals surface area contributed by atoms with Crippen LogP contribution in [0.5, 0.6) is 0 Å². The number of nitrogen functional groups attached to an aromatic ring is 1. The highest BCUT2D eigenvalue weighted by Gasteiger charge is 2.20. The van der Waals surface area contributed by atoms with E-state index in [2.05, 4.69) is 24.1 Å². The topological polar surface area (TPSA) is 68.0 Å². The van der Waals surface area contributed by atoms with Crippen molar-refractivity contribution >= 4 is 34.7 Å². The molecule has 0 aromatic carbocycles. The van der Waals surface area contributed by atoms with Crippen LogP contribution in [0.1, 0.15) is 35.1 Å². The summed E-state index contributed by atoms with van der Waals surface area (Å²) in [5.74, 6) is 0.320. The summed E-state index contributed by atoms with van der Waals surface area (Å²) in [4.78, 5) is 17.3. The summed E-state index contributed by atoms with van der Waals surface area (Å²) in [7, 11) is 0. The van der Waals surface area contributed by atoms with Gasteiger partial charge in [-0.3, -0.25) is 4.79 Å². The smallest absolute Gasteiger partial charge is 0.252 e. The molecule has 0 aliphatic carbocycles. The fourth-order valence-electron chi connectivity index (χ4n) is 1.91. The van der Waals surface area contributed by atoms with Crippen LogP contribution in [0.2, 0.25) is 5.15 Å². The molecule has 0 aliphatic heterocycles. The van der Waals surface area contributed by atoms with Crippen LogP contribution in [0.15, 0.2) is 29.6 Å². The largest absolute Gasteiger partial charge is 0.384 e. The summed E-state index contributed by atoms with van der Waals surface area (Å²) in [5, 5.41) is 5.23. The number of halogens is 1. The third-order valence-electron chi connectivity index (χ3n) is 2.88. The first-order valence-electron chi connectivity index (χ1n) is 6.24. The summed E-state index contributed by atoms with van der Waals surface area (Å²) in [6, 6.07) is 6.99. The fourth-order valence-corrected chi connectivity index (χ4v) is 3.07. The average Bonchev–Trinajstić information content (AvgIpc) is 2.87. The van der Waals surface area contributed by atoms with Gasteiger partial charge in [0.05, 0.1) is 6.04 Å². The monoisotopic (exact) mass is 309 g/mol. The van der Waals surface area contributed by atoms with Crippen molar-refractivity contribution in [1.29, 1.82) is 0 Å². The Morgan fingerprint density at radius 3 is 2.75 bits per heavy atom. The molecule has 6 heteroatoms. The van der Waals surface area contributed by atoms with E-state index >= 15 is 0 Å². The summed E-state index contributed by atoms with van der Waals surface area (Å²) >= 11 is 7.45. The number of nitrogens with one attached hydrogen (secondary N) is 1. The second-order valence-corrected chi connectivity index (χ2v) is 6.18. The highest BCUT2D eigenvalue weighted by Crippen LogP contribution is 2.26. The van der Waals surface area contributed by atoms with Crippen LogP contribution in [0.25, 0.3) is 0 Å². The minimum Gasteiger partial charge on any atom is -0.384 e. The first-order chi connectivity index (χ1) is 9.47. The van der Waals surface area contributed by atoms with Gasteiger partial charge in [-0.05, 0) is 29.5 Å². The lowest BCUT2D eigenvalue weighted by Gasteiger charge is -2.21. The number of hydrogen-bond acceptors (Lipinski definition) is 4. The van der Waals surface area contributed by atoms with E-state index in [0.29, 0.717) is 5.56 Å². The number of rotatable bonds is 4. The summed E-state index contributed by atoms with van der Waals surface area (Å²) in [6.45, 7) is 4.14. The van der Waals surface area contributed by atoms with E-state index in [1.165, 1.54) is 12.1 Å². The Morgan fingerprint density at radius 1 is 1.45 bits per heavy atom. The normalized spacial score (nSPS) is 12.4. The first kappa shape index (κ1) is 14.8. The van der Waals surface area contributed by atoms with Gasteiger partial charge in [-0.25, -0.2) is 4.98 Å². The first-order valence-corrected chi connectivity index (χ1v) is 7.50. The lowest BCUT2D eigenvalue weighted by atomic mass is 10.0. The van der Waals surface area contributed by atoms with Gasteiger partial charge in [0.2, 0.25) is 0 Å². The van der Waals surface area contributed by atoms with Gasteiger partial charge in [0.25, 0.3) is 5.91 Å². The Balaban J connectivity index is 2.20. The van der Waals surface area contributed by atoms with Gasteiger partial charge < -0.3 is 11.1 Å². The Kier molecular flexibility index (Phi) is 4.62. The van der Waals surface area contributed by atoms with Crippen LogP contribution in [0, 0.1) is 5.92 Å². The van der Waals surface area contributed by atoms with Crippen LogP contribution in [0.4, 0.5) is 5.82 Å². The molecule has 0 saturated carbocycles. The van der Waals surface area contributed by atoms with E-state index in [1.807, 2.05) is 17.5 Å². The zero-order valence-electron chi connectivity index (χ0n) is 11.3. The summed E-state index contributed by atoms with van der Waals surface area (Å²) in [5.41, 5.74) is 6.03. The molecular weight excluding hydrogens is 294 g/mol. The number of anilines is 1. The maximum absolute atomic E-state index is 12.3. The van der Waals surface area contributed by atoms with Gasteiger partial charge in [-0.2, -0.15) is 0 Å². The van der Waals surface area contributed by atoms with Gasteiger partial charge in [0, 0.05) is 10.4 Å². The number of nitrogens with two attached hydrogens (primary N) is 1. The van der Waals surface area contributed by atoms with Crippen molar-refractivity contribution in [3.63, 3.8) is 0 Å². The predicted octanol–water partition coefficient (Wildman–Crippen LogP) is 3.51. The van der Waals surface area contributed by atoms with Crippen molar-refractivity contribution in [3.05, 3.63) is 45.2 Å². The van der Waals surface area contributed by atoms with Crippen LogP contribution in [-0.2, 0) is 0 Å². The van der Waals surface area contributed by atoms with Crippen molar-refractivity contribution in [1.82, 2.24) is 10.3 Å². The molecule has 0 fully saturated rings. The summed E-state index contributed by atoms with van der Waals surface area (Å²) < 4.78 is 0. The number of carbonyl (C=O) groups excluding carboxylic acids is 1. The molecule has 1 amide bonds. The molecule has 0 saturated heterocycles. The van der Waals surface area contributed by atoms with Crippen LogP contribution in [0.3, 0.4) is 0 Å². The molecule has 1 atom stereocenters. The highest BCUT2D eigenvalue weighted by atomic mass is 35.5. The fraction of sp³-hybridized carbons (Fsp3) is 0.286. The molecule has 0 radical (unpaired) electrons. The second kappa shape index (κ2) is 6.24. The van der Waals surface area contributed by atoms with E-state index in [0.717, 1.165) is 4.88 Å². The van der Waals surface area contributed by atoms with Crippen molar-refractivity contribution in [2.24, 2.45) is 5.92 Å². The molecule has 20 heavy (non-hydrogen) atoms. The molecule has 0 bridgehead atoms. The van der Waals surface area contributed by atoms with Crippen LogP contribution < -0.4 is 11.1 Å². The molecule has 0 aliphatic rings. The van der Waals surface area contributed by atoms with E-state index in [-0.39, 0.29) is 28.8 Å². The Bertz CT molecular complexity index is 578.